The lowest BCUT2D eigenvalue weighted by atomic mass is 10.1. The average molecular weight is 430 g/mol. The minimum absolute atomic E-state index is 0.102. The van der Waals surface area contributed by atoms with Crippen molar-refractivity contribution in [3.63, 3.8) is 0 Å². The Bertz CT molecular complexity index is 953. The molecule has 1 aliphatic heterocycles. The van der Waals surface area contributed by atoms with Crippen LogP contribution >= 0.6 is 11.8 Å². The SMILES string of the molecule is COc1ccc(S(=O)(=O)N2CCSC(c3cc(F)ccc3F)CC2)cc1OC. The molecule has 1 saturated heterocycles. The molecule has 1 unspecified atom stereocenters. The Kier molecular flexibility index (Phi) is 6.47. The van der Waals surface area contributed by atoms with Crippen LogP contribution < -0.4 is 9.47 Å². The molecule has 0 amide bonds. The monoisotopic (exact) mass is 429 g/mol. The van der Waals surface area contributed by atoms with Gasteiger partial charge < -0.3 is 9.47 Å². The summed E-state index contributed by atoms with van der Waals surface area (Å²) < 4.78 is 65.5. The molecule has 0 radical (unpaired) electrons. The van der Waals surface area contributed by atoms with Crippen LogP contribution in [0.2, 0.25) is 0 Å². The topological polar surface area (TPSA) is 55.8 Å². The standard InChI is InChI=1S/C19H21F2NO4S2/c1-25-17-6-4-14(12-18(17)26-2)28(23,24)22-8-7-19(27-10-9-22)15-11-13(20)3-5-16(15)21/h3-6,11-12,19H,7-10H2,1-2H3. The van der Waals surface area contributed by atoms with Crippen molar-refractivity contribution in [2.24, 2.45) is 0 Å². The third-order valence-electron chi connectivity index (χ3n) is 4.60. The molecule has 9 heteroatoms. The van der Waals surface area contributed by atoms with Crippen molar-refractivity contribution in [3.8, 4) is 11.5 Å². The van der Waals surface area contributed by atoms with Crippen LogP contribution in [-0.2, 0) is 10.0 Å². The summed E-state index contributed by atoms with van der Waals surface area (Å²) in [5.41, 5.74) is 0.273. The lowest BCUT2D eigenvalue weighted by Crippen LogP contribution is -2.33. The van der Waals surface area contributed by atoms with Crippen LogP contribution in [0.3, 0.4) is 0 Å². The minimum Gasteiger partial charge on any atom is -0.493 e. The Labute approximate surface area is 167 Å². The van der Waals surface area contributed by atoms with Crippen LogP contribution in [-0.4, -0.2) is 45.8 Å². The molecular formula is C19H21F2NO4S2. The molecule has 1 heterocycles. The molecule has 2 aromatic rings. The van der Waals surface area contributed by atoms with E-state index in [4.69, 9.17) is 9.47 Å². The zero-order valence-corrected chi connectivity index (χ0v) is 17.2. The number of rotatable bonds is 5. The minimum atomic E-state index is -3.75. The first-order valence-electron chi connectivity index (χ1n) is 8.65. The van der Waals surface area contributed by atoms with Crippen molar-refractivity contribution in [1.29, 1.82) is 0 Å². The largest absolute Gasteiger partial charge is 0.493 e. The number of thioether (sulfide) groups is 1. The molecule has 0 aromatic heterocycles. The molecule has 3 rings (SSSR count). The highest BCUT2D eigenvalue weighted by molar-refractivity contribution is 7.99. The van der Waals surface area contributed by atoms with Crippen LogP contribution in [0.4, 0.5) is 8.78 Å². The maximum Gasteiger partial charge on any atom is 0.243 e. The normalized spacial score (nSPS) is 18.5. The Balaban J connectivity index is 1.82. The van der Waals surface area contributed by atoms with Crippen LogP contribution in [0, 0.1) is 11.6 Å². The summed E-state index contributed by atoms with van der Waals surface area (Å²) in [5, 5.41) is -0.304. The van der Waals surface area contributed by atoms with Crippen molar-refractivity contribution in [2.75, 3.05) is 33.1 Å². The fraction of sp³-hybridized carbons (Fsp3) is 0.368. The zero-order chi connectivity index (χ0) is 20.3. The highest BCUT2D eigenvalue weighted by Gasteiger charge is 2.30. The lowest BCUT2D eigenvalue weighted by Gasteiger charge is -2.21. The second kappa shape index (κ2) is 8.67. The van der Waals surface area contributed by atoms with Crippen molar-refractivity contribution < 1.29 is 26.7 Å². The predicted octanol–water partition coefficient (Wildman–Crippen LogP) is 3.85. The fourth-order valence-electron chi connectivity index (χ4n) is 3.13. The molecule has 28 heavy (non-hydrogen) atoms. The third-order valence-corrected chi connectivity index (χ3v) is 7.80. The first-order chi connectivity index (χ1) is 13.4. The van der Waals surface area contributed by atoms with E-state index >= 15 is 0 Å². The molecule has 0 N–H and O–H groups in total. The van der Waals surface area contributed by atoms with E-state index in [0.29, 0.717) is 23.7 Å². The van der Waals surface area contributed by atoms with Crippen LogP contribution in [0.15, 0.2) is 41.3 Å². The Morgan fingerprint density at radius 1 is 1.04 bits per heavy atom. The summed E-state index contributed by atoms with van der Waals surface area (Å²) in [4.78, 5) is 0.102. The average Bonchev–Trinajstić information content (AvgIpc) is 2.96. The summed E-state index contributed by atoms with van der Waals surface area (Å²) in [5.74, 6) is 0.265. The molecule has 1 atom stereocenters. The van der Waals surface area contributed by atoms with Crippen molar-refractivity contribution in [1.82, 2.24) is 4.31 Å². The number of ether oxygens (including phenoxy) is 2. The summed E-state index contributed by atoms with van der Waals surface area (Å²) in [6, 6.07) is 7.81. The van der Waals surface area contributed by atoms with Crippen LogP contribution in [0.1, 0.15) is 17.2 Å². The van der Waals surface area contributed by atoms with Gasteiger partial charge in [-0.2, -0.15) is 16.1 Å². The van der Waals surface area contributed by atoms with Gasteiger partial charge in [-0.25, -0.2) is 17.2 Å². The molecular weight excluding hydrogens is 408 g/mol. The van der Waals surface area contributed by atoms with Gasteiger partial charge in [0.25, 0.3) is 0 Å². The van der Waals surface area contributed by atoms with Gasteiger partial charge in [0, 0.05) is 35.7 Å². The summed E-state index contributed by atoms with van der Waals surface area (Å²) >= 11 is 1.43. The smallest absolute Gasteiger partial charge is 0.243 e. The van der Waals surface area contributed by atoms with Gasteiger partial charge in [-0.05, 0) is 36.8 Å². The molecule has 152 valence electrons. The molecule has 1 aliphatic rings. The first kappa shape index (κ1) is 20.9. The quantitative estimate of drug-likeness (QED) is 0.723. The van der Waals surface area contributed by atoms with Gasteiger partial charge in [-0.3, -0.25) is 0 Å². The number of nitrogens with zero attached hydrogens (tertiary/aromatic N) is 1. The van der Waals surface area contributed by atoms with Crippen molar-refractivity contribution >= 4 is 21.8 Å². The summed E-state index contributed by atoms with van der Waals surface area (Å²) in [6.07, 6.45) is 0.386. The molecule has 5 nitrogen and oxygen atoms in total. The highest BCUT2D eigenvalue weighted by atomic mass is 32.2. The second-order valence-corrected chi connectivity index (χ2v) is 9.48. The Morgan fingerprint density at radius 2 is 1.79 bits per heavy atom. The second-order valence-electron chi connectivity index (χ2n) is 6.23. The molecule has 0 spiro atoms. The fourth-order valence-corrected chi connectivity index (χ4v) is 5.96. The molecule has 2 aromatic carbocycles. The van der Waals surface area contributed by atoms with Crippen molar-refractivity contribution in [3.05, 3.63) is 53.6 Å². The number of benzene rings is 2. The number of methoxy groups -OCH3 is 2. The van der Waals surface area contributed by atoms with Gasteiger partial charge in [0.15, 0.2) is 11.5 Å². The van der Waals surface area contributed by atoms with Gasteiger partial charge in [-0.1, -0.05) is 0 Å². The molecule has 0 saturated carbocycles. The first-order valence-corrected chi connectivity index (χ1v) is 11.1. The van der Waals surface area contributed by atoms with E-state index in [0.717, 1.165) is 12.1 Å². The van der Waals surface area contributed by atoms with E-state index in [2.05, 4.69) is 0 Å². The van der Waals surface area contributed by atoms with E-state index in [1.54, 1.807) is 6.07 Å². The van der Waals surface area contributed by atoms with E-state index in [1.807, 2.05) is 0 Å². The molecule has 0 aliphatic carbocycles. The zero-order valence-electron chi connectivity index (χ0n) is 15.5. The summed E-state index contributed by atoms with van der Waals surface area (Å²) in [6.45, 7) is 0.499. The van der Waals surface area contributed by atoms with Crippen LogP contribution in [0.5, 0.6) is 11.5 Å². The summed E-state index contributed by atoms with van der Waals surface area (Å²) in [7, 11) is -0.835. The maximum atomic E-state index is 14.1. The van der Waals surface area contributed by atoms with Gasteiger partial charge in [0.2, 0.25) is 10.0 Å². The predicted molar refractivity (Wildman–Crippen MR) is 104 cm³/mol. The van der Waals surface area contributed by atoms with Gasteiger partial charge in [-0.15, -0.1) is 0 Å². The van der Waals surface area contributed by atoms with Gasteiger partial charge in [0.1, 0.15) is 11.6 Å². The van der Waals surface area contributed by atoms with E-state index in [1.165, 1.54) is 48.5 Å². The maximum absolute atomic E-state index is 14.1. The number of halogens is 2. The van der Waals surface area contributed by atoms with Crippen molar-refractivity contribution in [2.45, 2.75) is 16.6 Å². The Hall–Kier alpha value is -1.84. The lowest BCUT2D eigenvalue weighted by molar-refractivity contribution is 0.353. The molecule has 0 bridgehead atoms. The van der Waals surface area contributed by atoms with Gasteiger partial charge >= 0.3 is 0 Å². The van der Waals surface area contributed by atoms with Gasteiger partial charge in [0.05, 0.1) is 19.1 Å². The highest BCUT2D eigenvalue weighted by Crippen LogP contribution is 2.38. The number of hydrogen-bond acceptors (Lipinski definition) is 5. The number of sulfonamides is 1. The molecule has 1 fully saturated rings. The van der Waals surface area contributed by atoms with E-state index in [-0.39, 0.29) is 28.8 Å². The number of hydrogen-bond donors (Lipinski definition) is 0. The van der Waals surface area contributed by atoms with Crippen LogP contribution in [0.25, 0.3) is 0 Å². The Morgan fingerprint density at radius 3 is 2.50 bits per heavy atom. The van der Waals surface area contributed by atoms with E-state index in [9.17, 15) is 17.2 Å². The third kappa shape index (κ3) is 4.26. The van der Waals surface area contributed by atoms with E-state index < -0.39 is 21.7 Å².